The molecule has 1 rings (SSSR count). The SMILES string of the molecule is C=C(C)C(=O)OCC(OP(=O)(O)O)c1ccccc1. The number of benzene rings is 1. The first-order valence-electron chi connectivity index (χ1n) is 5.41. The van der Waals surface area contributed by atoms with Gasteiger partial charge in [-0.05, 0) is 12.5 Å². The van der Waals surface area contributed by atoms with E-state index in [4.69, 9.17) is 14.5 Å². The molecular weight excluding hydrogens is 271 g/mol. The smallest absolute Gasteiger partial charge is 0.459 e. The van der Waals surface area contributed by atoms with Crippen LogP contribution >= 0.6 is 7.82 Å². The van der Waals surface area contributed by atoms with Crippen molar-refractivity contribution in [1.29, 1.82) is 0 Å². The van der Waals surface area contributed by atoms with Gasteiger partial charge in [0.25, 0.3) is 0 Å². The molecule has 1 atom stereocenters. The van der Waals surface area contributed by atoms with Crippen molar-refractivity contribution in [1.82, 2.24) is 0 Å². The third-order valence-electron chi connectivity index (χ3n) is 2.15. The summed E-state index contributed by atoms with van der Waals surface area (Å²) in [5.41, 5.74) is 0.698. The normalized spacial score (nSPS) is 12.8. The van der Waals surface area contributed by atoms with E-state index < -0.39 is 19.9 Å². The van der Waals surface area contributed by atoms with Crippen LogP contribution in [-0.2, 0) is 18.6 Å². The molecule has 0 aliphatic heterocycles. The van der Waals surface area contributed by atoms with Gasteiger partial charge in [0, 0.05) is 5.57 Å². The third-order valence-corrected chi connectivity index (χ3v) is 2.68. The average molecular weight is 286 g/mol. The second-order valence-corrected chi connectivity index (χ2v) is 5.07. The molecule has 104 valence electrons. The fraction of sp³-hybridized carbons (Fsp3) is 0.250. The molecule has 1 aromatic carbocycles. The summed E-state index contributed by atoms with van der Waals surface area (Å²) in [7, 11) is -4.68. The highest BCUT2D eigenvalue weighted by Crippen LogP contribution is 2.42. The Bertz CT molecular complexity index is 492. The van der Waals surface area contributed by atoms with Gasteiger partial charge in [0.2, 0.25) is 0 Å². The quantitative estimate of drug-likeness (QED) is 0.471. The van der Waals surface area contributed by atoms with Gasteiger partial charge in [0.1, 0.15) is 12.7 Å². The van der Waals surface area contributed by atoms with Gasteiger partial charge in [0.05, 0.1) is 0 Å². The molecular formula is C12H15O6P. The van der Waals surface area contributed by atoms with Crippen molar-refractivity contribution in [3.63, 3.8) is 0 Å². The Balaban J connectivity index is 2.79. The van der Waals surface area contributed by atoms with E-state index in [2.05, 4.69) is 11.1 Å². The lowest BCUT2D eigenvalue weighted by atomic mass is 10.1. The molecule has 0 fully saturated rings. The van der Waals surface area contributed by atoms with Crippen molar-refractivity contribution in [3.05, 3.63) is 48.0 Å². The number of carbonyl (C=O) groups is 1. The molecule has 0 saturated carbocycles. The molecule has 0 heterocycles. The van der Waals surface area contributed by atoms with Crippen molar-refractivity contribution in [2.45, 2.75) is 13.0 Å². The number of hydrogen-bond acceptors (Lipinski definition) is 4. The highest BCUT2D eigenvalue weighted by molar-refractivity contribution is 7.46. The lowest BCUT2D eigenvalue weighted by Gasteiger charge is -2.18. The van der Waals surface area contributed by atoms with Crippen LogP contribution in [-0.4, -0.2) is 22.4 Å². The number of phosphoric ester groups is 1. The third kappa shape index (κ3) is 5.81. The number of hydrogen-bond donors (Lipinski definition) is 2. The van der Waals surface area contributed by atoms with Gasteiger partial charge in [-0.25, -0.2) is 9.36 Å². The summed E-state index contributed by atoms with van der Waals surface area (Å²) in [5.74, 6) is -0.643. The first-order valence-corrected chi connectivity index (χ1v) is 6.94. The van der Waals surface area contributed by atoms with Crippen molar-refractivity contribution in [3.8, 4) is 0 Å². The van der Waals surface area contributed by atoms with E-state index in [1.807, 2.05) is 0 Å². The Labute approximate surface area is 110 Å². The predicted molar refractivity (Wildman–Crippen MR) is 68.1 cm³/mol. The molecule has 0 spiro atoms. The van der Waals surface area contributed by atoms with Gasteiger partial charge >= 0.3 is 13.8 Å². The molecule has 0 aliphatic carbocycles. The zero-order valence-corrected chi connectivity index (χ0v) is 11.2. The number of carbonyl (C=O) groups excluding carboxylic acids is 1. The maximum Gasteiger partial charge on any atom is 0.470 e. The molecule has 6 nitrogen and oxygen atoms in total. The van der Waals surface area contributed by atoms with Crippen LogP contribution in [0.4, 0.5) is 0 Å². The molecule has 2 N–H and O–H groups in total. The van der Waals surface area contributed by atoms with Crippen LogP contribution in [0.15, 0.2) is 42.5 Å². The maximum atomic E-state index is 11.3. The number of phosphoric acid groups is 1. The Kier molecular flexibility index (Phi) is 5.44. The zero-order valence-electron chi connectivity index (χ0n) is 10.4. The molecule has 0 bridgehead atoms. The largest absolute Gasteiger partial charge is 0.470 e. The standard InChI is InChI=1S/C12H15O6P/c1-9(2)12(13)17-8-11(18-19(14,15)16)10-6-4-3-5-7-10/h3-7,11H,1,8H2,2H3,(H2,14,15,16). The number of rotatable bonds is 6. The van der Waals surface area contributed by atoms with Crippen LogP contribution in [0, 0.1) is 0 Å². The van der Waals surface area contributed by atoms with Gasteiger partial charge in [-0.2, -0.15) is 0 Å². The Morgan fingerprint density at radius 1 is 1.37 bits per heavy atom. The van der Waals surface area contributed by atoms with Crippen molar-refractivity contribution < 1.29 is 28.4 Å². The minimum absolute atomic E-state index is 0.197. The topological polar surface area (TPSA) is 93.1 Å². The molecule has 0 radical (unpaired) electrons. The summed E-state index contributed by atoms with van der Waals surface area (Å²) in [5, 5.41) is 0. The summed E-state index contributed by atoms with van der Waals surface area (Å²) in [6.07, 6.45) is -1.04. The van der Waals surface area contributed by atoms with Gasteiger partial charge in [-0.1, -0.05) is 36.9 Å². The highest BCUT2D eigenvalue weighted by atomic mass is 31.2. The monoisotopic (exact) mass is 286 g/mol. The molecule has 0 aromatic heterocycles. The van der Waals surface area contributed by atoms with Crippen LogP contribution in [0.25, 0.3) is 0 Å². The van der Waals surface area contributed by atoms with E-state index in [-0.39, 0.29) is 12.2 Å². The van der Waals surface area contributed by atoms with Crippen LogP contribution in [0.2, 0.25) is 0 Å². The summed E-state index contributed by atoms with van der Waals surface area (Å²) in [4.78, 5) is 29.0. The van der Waals surface area contributed by atoms with Gasteiger partial charge in [0.15, 0.2) is 0 Å². The molecule has 0 saturated heterocycles. The number of ether oxygens (including phenoxy) is 1. The van der Waals surface area contributed by atoms with E-state index >= 15 is 0 Å². The minimum Gasteiger partial charge on any atom is -0.459 e. The van der Waals surface area contributed by atoms with E-state index in [0.717, 1.165) is 0 Å². The molecule has 0 aliphatic rings. The van der Waals surface area contributed by atoms with Crippen molar-refractivity contribution >= 4 is 13.8 Å². The second-order valence-electron chi connectivity index (χ2n) is 3.87. The summed E-state index contributed by atoms with van der Waals surface area (Å²) >= 11 is 0. The zero-order chi connectivity index (χ0) is 14.5. The van der Waals surface area contributed by atoms with Crippen molar-refractivity contribution in [2.75, 3.05) is 6.61 Å². The second kappa shape index (κ2) is 6.63. The molecule has 1 aromatic rings. The molecule has 1 unspecified atom stereocenters. The Morgan fingerprint density at radius 3 is 2.42 bits per heavy atom. The van der Waals surface area contributed by atoms with Gasteiger partial charge in [-0.15, -0.1) is 0 Å². The molecule has 19 heavy (non-hydrogen) atoms. The lowest BCUT2D eigenvalue weighted by molar-refractivity contribution is -0.141. The van der Waals surface area contributed by atoms with E-state index in [1.54, 1.807) is 30.3 Å². The predicted octanol–water partition coefficient (Wildman–Crippen LogP) is 1.96. The van der Waals surface area contributed by atoms with Crippen LogP contribution in [0.5, 0.6) is 0 Å². The summed E-state index contributed by atoms with van der Waals surface area (Å²) in [6.45, 7) is 4.58. The summed E-state index contributed by atoms with van der Waals surface area (Å²) in [6, 6.07) is 8.36. The van der Waals surface area contributed by atoms with E-state index in [1.165, 1.54) is 6.92 Å². The fourth-order valence-electron chi connectivity index (χ4n) is 1.30. The van der Waals surface area contributed by atoms with E-state index in [0.29, 0.717) is 5.56 Å². The Hall–Kier alpha value is -1.46. The lowest BCUT2D eigenvalue weighted by Crippen LogP contribution is -2.15. The summed E-state index contributed by atoms with van der Waals surface area (Å²) < 4.78 is 20.4. The van der Waals surface area contributed by atoms with Crippen LogP contribution in [0.1, 0.15) is 18.6 Å². The molecule has 7 heteroatoms. The van der Waals surface area contributed by atoms with Crippen LogP contribution in [0.3, 0.4) is 0 Å². The first-order chi connectivity index (χ1) is 8.79. The van der Waals surface area contributed by atoms with Gasteiger partial charge < -0.3 is 14.5 Å². The van der Waals surface area contributed by atoms with Crippen LogP contribution < -0.4 is 0 Å². The fourth-order valence-corrected chi connectivity index (χ4v) is 1.81. The first kappa shape index (κ1) is 15.6. The minimum atomic E-state index is -4.68. The maximum absolute atomic E-state index is 11.3. The molecule has 0 amide bonds. The Morgan fingerprint density at radius 2 is 1.95 bits per heavy atom. The van der Waals surface area contributed by atoms with Gasteiger partial charge in [-0.3, -0.25) is 4.52 Å². The number of esters is 1. The highest BCUT2D eigenvalue weighted by Gasteiger charge is 2.25. The average Bonchev–Trinajstić information content (AvgIpc) is 2.33. The van der Waals surface area contributed by atoms with Crippen molar-refractivity contribution in [2.24, 2.45) is 0 Å². The van der Waals surface area contributed by atoms with E-state index in [9.17, 15) is 9.36 Å².